The fourth-order valence-electron chi connectivity index (χ4n) is 5.22. The van der Waals surface area contributed by atoms with Crippen molar-refractivity contribution in [1.29, 1.82) is 0 Å². The van der Waals surface area contributed by atoms with Crippen molar-refractivity contribution < 1.29 is 24.5 Å². The summed E-state index contributed by atoms with van der Waals surface area (Å²) in [6.07, 6.45) is 3.39. The monoisotopic (exact) mass is 565 g/mol. The van der Waals surface area contributed by atoms with Gasteiger partial charge in [0.15, 0.2) is 0 Å². The van der Waals surface area contributed by atoms with E-state index in [4.69, 9.17) is 16.3 Å². The molecule has 2 amide bonds. The molecule has 2 aromatic carbocycles. The zero-order chi connectivity index (χ0) is 28.4. The van der Waals surface area contributed by atoms with Crippen molar-refractivity contribution in [3.05, 3.63) is 70.4 Å². The minimum atomic E-state index is -0.775. The minimum absolute atomic E-state index is 0.0844. The second-order valence-electron chi connectivity index (χ2n) is 10.2. The Balaban J connectivity index is 1.30. The van der Waals surface area contributed by atoms with Crippen LogP contribution in [0.2, 0.25) is 5.02 Å². The number of carbonyl (C=O) groups excluding carboxylic acids is 2. The Kier molecular flexibility index (Phi) is 8.20. The summed E-state index contributed by atoms with van der Waals surface area (Å²) in [5.41, 5.74) is 3.12. The molecule has 1 aromatic heterocycles. The number of hydrogen-bond acceptors (Lipinski definition) is 8. The van der Waals surface area contributed by atoms with Gasteiger partial charge in [-0.1, -0.05) is 35.9 Å². The van der Waals surface area contributed by atoms with Gasteiger partial charge in [-0.25, -0.2) is 9.97 Å². The topological polar surface area (TPSA) is 137 Å². The highest BCUT2D eigenvalue weighted by atomic mass is 35.5. The lowest BCUT2D eigenvalue weighted by molar-refractivity contribution is -0.126. The molecule has 0 spiro atoms. The Morgan fingerprint density at radius 2 is 2.08 bits per heavy atom. The number of fused-ring (bicyclic) bond motifs is 1. The molecule has 4 N–H and O–H groups in total. The highest BCUT2D eigenvalue weighted by molar-refractivity contribution is 6.33. The first-order chi connectivity index (χ1) is 19.3. The standard InChI is InChI=1S/C29H32ClN5O5/c1-16(27(38)33-25(15-36)17-4-3-5-22(10-17)40-2)35-14-19-7-6-18(11-23(19)28(35)39)26-24(30)13-31-29(34-26)32-20-8-9-21(37)12-20/h3-7,10-11,13,16,20-21,25,36-37H,8-9,12,14-15H2,1-2H3,(H,33,38)(H,31,32,34)/t16-,20+,21+,25-/m1/s1. The number of carbonyl (C=O) groups is 2. The maximum absolute atomic E-state index is 13.4. The largest absolute Gasteiger partial charge is 0.497 e. The maximum atomic E-state index is 13.4. The number of anilines is 1. The number of hydrogen-bond donors (Lipinski definition) is 4. The van der Waals surface area contributed by atoms with Gasteiger partial charge in [-0.15, -0.1) is 0 Å². The number of nitrogens with one attached hydrogen (secondary N) is 2. The summed E-state index contributed by atoms with van der Waals surface area (Å²) in [5, 5.41) is 26.2. The average Bonchev–Trinajstić information content (AvgIpc) is 3.53. The van der Waals surface area contributed by atoms with Crippen LogP contribution in [0, 0.1) is 0 Å². The Bertz CT molecular complexity index is 1420. The summed E-state index contributed by atoms with van der Waals surface area (Å²) in [4.78, 5) is 36.9. The minimum Gasteiger partial charge on any atom is -0.497 e. The number of rotatable bonds is 9. The first-order valence-corrected chi connectivity index (χ1v) is 13.6. The Hall–Kier alpha value is -3.73. The van der Waals surface area contributed by atoms with Gasteiger partial charge in [0.05, 0.1) is 42.8 Å². The molecule has 0 saturated heterocycles. The Labute approximate surface area is 237 Å². The van der Waals surface area contributed by atoms with Crippen LogP contribution in [0.4, 0.5) is 5.95 Å². The number of ether oxygens (including phenoxy) is 1. The van der Waals surface area contributed by atoms with Crippen molar-refractivity contribution >= 4 is 29.4 Å². The molecule has 0 radical (unpaired) electrons. The molecule has 10 nitrogen and oxygen atoms in total. The second-order valence-corrected chi connectivity index (χ2v) is 10.6. The molecule has 40 heavy (non-hydrogen) atoms. The molecule has 2 aliphatic rings. The molecule has 1 fully saturated rings. The van der Waals surface area contributed by atoms with Crippen LogP contribution >= 0.6 is 11.6 Å². The summed E-state index contributed by atoms with van der Waals surface area (Å²) in [6, 6.07) is 11.2. The van der Waals surface area contributed by atoms with Gasteiger partial charge in [0, 0.05) is 23.7 Å². The highest BCUT2D eigenvalue weighted by Gasteiger charge is 2.35. The van der Waals surface area contributed by atoms with E-state index in [9.17, 15) is 19.8 Å². The molecule has 0 unspecified atom stereocenters. The summed E-state index contributed by atoms with van der Waals surface area (Å²) >= 11 is 6.44. The van der Waals surface area contributed by atoms with E-state index in [0.717, 1.165) is 18.4 Å². The van der Waals surface area contributed by atoms with Gasteiger partial charge in [0.1, 0.15) is 11.8 Å². The van der Waals surface area contributed by atoms with Crippen LogP contribution in [0.1, 0.15) is 53.7 Å². The van der Waals surface area contributed by atoms with Crippen LogP contribution in [-0.2, 0) is 11.3 Å². The summed E-state index contributed by atoms with van der Waals surface area (Å²) in [5.74, 6) is 0.370. The number of amides is 2. The van der Waals surface area contributed by atoms with E-state index in [1.807, 2.05) is 12.1 Å². The van der Waals surface area contributed by atoms with Crippen LogP contribution in [0.15, 0.2) is 48.7 Å². The third-order valence-corrected chi connectivity index (χ3v) is 7.82. The van der Waals surface area contributed by atoms with Gasteiger partial charge >= 0.3 is 0 Å². The van der Waals surface area contributed by atoms with Gasteiger partial charge in [0.2, 0.25) is 11.9 Å². The SMILES string of the molecule is COc1cccc([C@@H](CO)NC(=O)[C@@H](C)N2Cc3ccc(-c4nc(N[C@H]5CC[C@H](O)C5)ncc4Cl)cc3C2=O)c1. The summed E-state index contributed by atoms with van der Waals surface area (Å²) < 4.78 is 5.25. The molecule has 0 bridgehead atoms. The van der Waals surface area contributed by atoms with Gasteiger partial charge in [-0.2, -0.15) is 0 Å². The smallest absolute Gasteiger partial charge is 0.255 e. The first kappa shape index (κ1) is 27.8. The molecular formula is C29H32ClN5O5. The number of aromatic nitrogens is 2. The van der Waals surface area contributed by atoms with E-state index >= 15 is 0 Å². The van der Waals surface area contributed by atoms with Crippen LogP contribution in [0.5, 0.6) is 5.75 Å². The normalized spacial score (nSPS) is 19.7. The lowest BCUT2D eigenvalue weighted by atomic mass is 10.0. The van der Waals surface area contributed by atoms with E-state index in [2.05, 4.69) is 20.6 Å². The molecular weight excluding hydrogens is 534 g/mol. The van der Waals surface area contributed by atoms with Crippen molar-refractivity contribution in [3.8, 4) is 17.0 Å². The zero-order valence-corrected chi connectivity index (χ0v) is 23.1. The van der Waals surface area contributed by atoms with E-state index in [0.29, 0.717) is 45.5 Å². The van der Waals surface area contributed by atoms with E-state index in [1.165, 1.54) is 11.1 Å². The third kappa shape index (κ3) is 5.74. The second kappa shape index (κ2) is 11.8. The van der Waals surface area contributed by atoms with Gasteiger partial charge in [0.25, 0.3) is 5.91 Å². The molecule has 11 heteroatoms. The molecule has 4 atom stereocenters. The van der Waals surface area contributed by atoms with Crippen molar-refractivity contribution in [3.63, 3.8) is 0 Å². The van der Waals surface area contributed by atoms with Crippen LogP contribution in [0.25, 0.3) is 11.3 Å². The maximum Gasteiger partial charge on any atom is 0.255 e. The average molecular weight is 566 g/mol. The summed E-state index contributed by atoms with van der Waals surface area (Å²) in [6.45, 7) is 1.64. The first-order valence-electron chi connectivity index (χ1n) is 13.2. The lowest BCUT2D eigenvalue weighted by Crippen LogP contribution is -2.46. The van der Waals surface area contributed by atoms with Crippen molar-refractivity contribution in [2.24, 2.45) is 0 Å². The van der Waals surface area contributed by atoms with Crippen LogP contribution in [-0.4, -0.2) is 68.8 Å². The molecule has 5 rings (SSSR count). The lowest BCUT2D eigenvalue weighted by Gasteiger charge is -2.26. The summed E-state index contributed by atoms with van der Waals surface area (Å²) in [7, 11) is 1.55. The third-order valence-electron chi connectivity index (χ3n) is 7.54. The van der Waals surface area contributed by atoms with E-state index < -0.39 is 12.1 Å². The van der Waals surface area contributed by atoms with Crippen LogP contribution < -0.4 is 15.4 Å². The zero-order valence-electron chi connectivity index (χ0n) is 22.3. The molecule has 210 valence electrons. The molecule has 1 saturated carbocycles. The number of aliphatic hydroxyl groups is 2. The quantitative estimate of drug-likeness (QED) is 0.310. The van der Waals surface area contributed by atoms with Gasteiger partial charge in [-0.3, -0.25) is 9.59 Å². The van der Waals surface area contributed by atoms with Gasteiger partial charge < -0.3 is 30.5 Å². The molecule has 1 aliphatic heterocycles. The number of methoxy groups -OCH3 is 1. The molecule has 3 aromatic rings. The van der Waals surface area contributed by atoms with E-state index in [-0.39, 0.29) is 37.1 Å². The number of nitrogens with zero attached hydrogens (tertiary/aromatic N) is 3. The number of halogens is 1. The van der Waals surface area contributed by atoms with Crippen molar-refractivity contribution in [2.45, 2.75) is 57.0 Å². The van der Waals surface area contributed by atoms with Crippen molar-refractivity contribution in [1.82, 2.24) is 20.2 Å². The van der Waals surface area contributed by atoms with Crippen LogP contribution in [0.3, 0.4) is 0 Å². The molecule has 2 heterocycles. The molecule has 1 aliphatic carbocycles. The highest BCUT2D eigenvalue weighted by Crippen LogP contribution is 2.33. The van der Waals surface area contributed by atoms with E-state index in [1.54, 1.807) is 44.4 Å². The fraction of sp³-hybridized carbons (Fsp3) is 0.379. The van der Waals surface area contributed by atoms with Crippen molar-refractivity contribution in [2.75, 3.05) is 19.0 Å². The Morgan fingerprint density at radius 3 is 2.80 bits per heavy atom. The van der Waals surface area contributed by atoms with Gasteiger partial charge in [-0.05, 0) is 55.5 Å². The fourth-order valence-corrected chi connectivity index (χ4v) is 5.42. The predicted octanol–water partition coefficient (Wildman–Crippen LogP) is 3.33. The number of benzene rings is 2. The predicted molar refractivity (Wildman–Crippen MR) is 150 cm³/mol. The Morgan fingerprint density at radius 1 is 1.25 bits per heavy atom. The number of aliphatic hydroxyl groups excluding tert-OH is 2.